The van der Waals surface area contributed by atoms with Gasteiger partial charge in [-0.1, -0.05) is 6.07 Å². The predicted molar refractivity (Wildman–Crippen MR) is 86.0 cm³/mol. The average Bonchev–Trinajstić information content (AvgIpc) is 2.92. The monoisotopic (exact) mass is 308 g/mol. The number of thiophene rings is 1. The molecule has 0 saturated heterocycles. The Kier molecular flexibility index (Phi) is 5.40. The molecule has 5 nitrogen and oxygen atoms in total. The number of hydrogen-bond acceptors (Lipinski definition) is 5. The minimum Gasteiger partial charge on any atom is -0.383 e. The molecule has 0 aliphatic carbocycles. The van der Waals surface area contributed by atoms with Gasteiger partial charge < -0.3 is 15.4 Å². The van der Waals surface area contributed by atoms with E-state index < -0.39 is 0 Å². The SMILES string of the molecule is COCC(C)NC(=S)Nc1nccc(-c2cccs2)n1. The highest BCUT2D eigenvalue weighted by atomic mass is 32.1. The maximum absolute atomic E-state index is 5.21. The van der Waals surface area contributed by atoms with Crippen LogP contribution in [0.15, 0.2) is 29.8 Å². The lowest BCUT2D eigenvalue weighted by Crippen LogP contribution is -2.38. The molecule has 0 saturated carbocycles. The molecule has 20 heavy (non-hydrogen) atoms. The number of nitrogens with zero attached hydrogens (tertiary/aromatic N) is 2. The van der Waals surface area contributed by atoms with E-state index in [2.05, 4.69) is 20.6 Å². The Bertz CT molecular complexity index is 559. The van der Waals surface area contributed by atoms with E-state index in [0.717, 1.165) is 10.6 Å². The van der Waals surface area contributed by atoms with Crippen molar-refractivity contribution in [2.75, 3.05) is 19.0 Å². The van der Waals surface area contributed by atoms with Crippen LogP contribution >= 0.6 is 23.6 Å². The van der Waals surface area contributed by atoms with Crippen molar-refractivity contribution in [3.63, 3.8) is 0 Å². The van der Waals surface area contributed by atoms with E-state index in [1.54, 1.807) is 24.6 Å². The number of rotatable bonds is 5. The maximum Gasteiger partial charge on any atom is 0.229 e. The highest BCUT2D eigenvalue weighted by molar-refractivity contribution is 7.80. The molecule has 0 aliphatic rings. The van der Waals surface area contributed by atoms with Crippen LogP contribution in [0.1, 0.15) is 6.92 Å². The summed E-state index contributed by atoms with van der Waals surface area (Å²) >= 11 is 6.85. The quantitative estimate of drug-likeness (QED) is 0.828. The van der Waals surface area contributed by atoms with E-state index in [-0.39, 0.29) is 6.04 Å². The third-order valence-corrected chi connectivity index (χ3v) is 3.56. The second-order valence-corrected chi connectivity index (χ2v) is 5.55. The van der Waals surface area contributed by atoms with Gasteiger partial charge in [-0.2, -0.15) is 0 Å². The summed E-state index contributed by atoms with van der Waals surface area (Å²) in [6.45, 7) is 2.57. The Morgan fingerprint density at radius 3 is 3.05 bits per heavy atom. The number of anilines is 1. The van der Waals surface area contributed by atoms with Gasteiger partial charge in [-0.3, -0.25) is 0 Å². The first kappa shape index (κ1) is 14.8. The molecule has 0 bridgehead atoms. The fourth-order valence-electron chi connectivity index (χ4n) is 1.63. The van der Waals surface area contributed by atoms with E-state index in [1.807, 2.05) is 30.5 Å². The van der Waals surface area contributed by atoms with Gasteiger partial charge in [-0.15, -0.1) is 11.3 Å². The number of methoxy groups -OCH3 is 1. The van der Waals surface area contributed by atoms with Crippen LogP contribution in [0.2, 0.25) is 0 Å². The first-order chi connectivity index (χ1) is 9.69. The first-order valence-electron chi connectivity index (χ1n) is 6.12. The normalized spacial score (nSPS) is 11.9. The van der Waals surface area contributed by atoms with Gasteiger partial charge in [0.05, 0.1) is 17.2 Å². The molecule has 1 unspecified atom stereocenters. The maximum atomic E-state index is 5.21. The number of thiocarbonyl (C=S) groups is 1. The van der Waals surface area contributed by atoms with E-state index in [1.165, 1.54) is 0 Å². The van der Waals surface area contributed by atoms with Crippen molar-refractivity contribution in [3.05, 3.63) is 29.8 Å². The zero-order valence-electron chi connectivity index (χ0n) is 11.3. The Hall–Kier alpha value is -1.57. The molecular weight excluding hydrogens is 292 g/mol. The lowest BCUT2D eigenvalue weighted by atomic mass is 10.3. The molecule has 1 atom stereocenters. The Balaban J connectivity index is 1.99. The summed E-state index contributed by atoms with van der Waals surface area (Å²) in [5.74, 6) is 0.484. The van der Waals surface area contributed by atoms with Crippen LogP contribution in [-0.2, 0) is 4.74 Å². The second-order valence-electron chi connectivity index (χ2n) is 4.20. The van der Waals surface area contributed by atoms with E-state index in [0.29, 0.717) is 17.7 Å². The van der Waals surface area contributed by atoms with Crippen LogP contribution < -0.4 is 10.6 Å². The van der Waals surface area contributed by atoms with Crippen molar-refractivity contribution < 1.29 is 4.74 Å². The molecule has 0 aromatic carbocycles. The van der Waals surface area contributed by atoms with Crippen molar-refractivity contribution in [1.29, 1.82) is 0 Å². The summed E-state index contributed by atoms with van der Waals surface area (Å²) in [5.41, 5.74) is 0.880. The molecule has 0 spiro atoms. The molecular formula is C13H16N4OS2. The molecule has 2 rings (SSSR count). The van der Waals surface area contributed by atoms with Gasteiger partial charge in [0, 0.05) is 19.3 Å². The third-order valence-electron chi connectivity index (χ3n) is 2.45. The number of ether oxygens (including phenoxy) is 1. The molecule has 0 fully saturated rings. The zero-order valence-corrected chi connectivity index (χ0v) is 12.9. The highest BCUT2D eigenvalue weighted by Crippen LogP contribution is 2.22. The summed E-state index contributed by atoms with van der Waals surface area (Å²) in [5, 5.41) is 8.58. The number of nitrogens with one attached hydrogen (secondary N) is 2. The topological polar surface area (TPSA) is 59.1 Å². The molecule has 2 aromatic rings. The fraction of sp³-hybridized carbons (Fsp3) is 0.308. The van der Waals surface area contributed by atoms with Crippen LogP contribution in [-0.4, -0.2) is 34.8 Å². The summed E-state index contributed by atoms with van der Waals surface area (Å²) in [6, 6.07) is 6.02. The molecule has 2 N–H and O–H groups in total. The average molecular weight is 308 g/mol. The van der Waals surface area contributed by atoms with Gasteiger partial charge in [0.25, 0.3) is 0 Å². The minimum atomic E-state index is 0.125. The first-order valence-corrected chi connectivity index (χ1v) is 7.41. The minimum absolute atomic E-state index is 0.125. The number of hydrogen-bond donors (Lipinski definition) is 2. The van der Waals surface area contributed by atoms with Gasteiger partial charge in [0.2, 0.25) is 5.95 Å². The van der Waals surface area contributed by atoms with Gasteiger partial charge in [0.15, 0.2) is 5.11 Å². The largest absolute Gasteiger partial charge is 0.383 e. The van der Waals surface area contributed by atoms with Crippen LogP contribution in [0, 0.1) is 0 Å². The van der Waals surface area contributed by atoms with Crippen molar-refractivity contribution in [1.82, 2.24) is 15.3 Å². The van der Waals surface area contributed by atoms with Crippen molar-refractivity contribution >= 4 is 34.6 Å². The van der Waals surface area contributed by atoms with Gasteiger partial charge in [-0.25, -0.2) is 9.97 Å². The predicted octanol–water partition coefficient (Wildman–Crippen LogP) is 2.53. The Morgan fingerprint density at radius 1 is 1.50 bits per heavy atom. The van der Waals surface area contributed by atoms with Crippen molar-refractivity contribution in [3.8, 4) is 10.6 Å². The molecule has 2 aromatic heterocycles. The van der Waals surface area contributed by atoms with Crippen LogP contribution in [0.4, 0.5) is 5.95 Å². The molecule has 106 valence electrons. The molecule has 7 heteroatoms. The van der Waals surface area contributed by atoms with E-state index >= 15 is 0 Å². The van der Waals surface area contributed by atoms with Crippen LogP contribution in [0.25, 0.3) is 10.6 Å². The van der Waals surface area contributed by atoms with Crippen molar-refractivity contribution in [2.45, 2.75) is 13.0 Å². The lowest BCUT2D eigenvalue weighted by molar-refractivity contribution is 0.179. The van der Waals surface area contributed by atoms with Crippen LogP contribution in [0.5, 0.6) is 0 Å². The number of aromatic nitrogens is 2. The van der Waals surface area contributed by atoms with Crippen molar-refractivity contribution in [2.24, 2.45) is 0 Å². The molecule has 0 aliphatic heterocycles. The molecule has 0 radical (unpaired) electrons. The van der Waals surface area contributed by atoms with Gasteiger partial charge >= 0.3 is 0 Å². The fourth-order valence-corrected chi connectivity index (χ4v) is 2.62. The summed E-state index contributed by atoms with van der Waals surface area (Å²) in [4.78, 5) is 9.70. The summed E-state index contributed by atoms with van der Waals surface area (Å²) in [7, 11) is 1.66. The van der Waals surface area contributed by atoms with Crippen LogP contribution in [0.3, 0.4) is 0 Å². The van der Waals surface area contributed by atoms with Gasteiger partial charge in [-0.05, 0) is 36.7 Å². The second kappa shape index (κ2) is 7.28. The lowest BCUT2D eigenvalue weighted by Gasteiger charge is -2.15. The highest BCUT2D eigenvalue weighted by Gasteiger charge is 2.07. The van der Waals surface area contributed by atoms with Gasteiger partial charge in [0.1, 0.15) is 0 Å². The van der Waals surface area contributed by atoms with E-state index in [4.69, 9.17) is 17.0 Å². The third kappa shape index (κ3) is 4.22. The smallest absolute Gasteiger partial charge is 0.229 e. The summed E-state index contributed by atoms with van der Waals surface area (Å²) in [6.07, 6.45) is 1.71. The molecule has 0 amide bonds. The Morgan fingerprint density at radius 2 is 2.35 bits per heavy atom. The standard InChI is InChI=1S/C13H16N4OS2/c1-9(8-18-2)15-13(19)17-12-14-6-5-10(16-12)11-4-3-7-20-11/h3-7,9H,8H2,1-2H3,(H2,14,15,16,17,19). The Labute approximate surface area is 127 Å². The summed E-state index contributed by atoms with van der Waals surface area (Å²) < 4.78 is 5.04. The zero-order chi connectivity index (χ0) is 14.4. The molecule has 2 heterocycles. The van der Waals surface area contributed by atoms with E-state index in [9.17, 15) is 0 Å².